The molecule has 0 spiro atoms. The Hall–Kier alpha value is -1.22. The highest BCUT2D eigenvalue weighted by Gasteiger charge is 2.34. The number of phenolic OH excluding ortho intramolecular Hbond substituents is 1. The zero-order valence-electron chi connectivity index (χ0n) is 10.2. The summed E-state index contributed by atoms with van der Waals surface area (Å²) in [7, 11) is 0. The molecule has 0 aromatic heterocycles. The van der Waals surface area contributed by atoms with Crippen molar-refractivity contribution in [2.45, 2.75) is 18.4 Å². The van der Waals surface area contributed by atoms with Gasteiger partial charge in [-0.15, -0.1) is 12.4 Å². The number of hydrogen-bond donors (Lipinski definition) is 2. The first-order chi connectivity index (χ1) is 8.63. The van der Waals surface area contributed by atoms with Crippen LogP contribution >= 0.6 is 24.0 Å². The number of hydrogen-bond acceptors (Lipinski definition) is 2. The molecule has 0 heterocycles. The van der Waals surface area contributed by atoms with E-state index >= 15 is 0 Å². The van der Waals surface area contributed by atoms with Gasteiger partial charge in [-0.25, -0.2) is 0 Å². The van der Waals surface area contributed by atoms with Crippen LogP contribution in [0.25, 0.3) is 11.1 Å². The van der Waals surface area contributed by atoms with Crippen LogP contribution in [0.15, 0.2) is 42.5 Å². The van der Waals surface area contributed by atoms with E-state index in [2.05, 4.69) is 12.1 Å². The summed E-state index contributed by atoms with van der Waals surface area (Å²) in [5, 5.41) is 10.1. The molecule has 4 heteroatoms. The summed E-state index contributed by atoms with van der Waals surface area (Å²) in [6, 6.07) is 13.7. The molecule has 3 rings (SSSR count). The summed E-state index contributed by atoms with van der Waals surface area (Å²) in [5.41, 5.74) is 9.10. The standard InChI is InChI=1S/C15H14ClNO.ClH/c16-12-5-11(6-13(18)7-12)9-1-3-10(4-2-9)14-8-15(14)17;/h1-7,14-15,18H,8,17H2;1H. The second kappa shape index (κ2) is 5.41. The second-order valence-corrected chi connectivity index (χ2v) is 5.26. The van der Waals surface area contributed by atoms with Crippen LogP contribution < -0.4 is 5.73 Å². The van der Waals surface area contributed by atoms with E-state index in [4.69, 9.17) is 17.3 Å². The van der Waals surface area contributed by atoms with Gasteiger partial charge in [0.15, 0.2) is 0 Å². The van der Waals surface area contributed by atoms with Gasteiger partial charge in [-0.05, 0) is 41.3 Å². The molecule has 1 fully saturated rings. The first-order valence-electron chi connectivity index (χ1n) is 5.99. The highest BCUT2D eigenvalue weighted by molar-refractivity contribution is 6.31. The Kier molecular flexibility index (Phi) is 4.04. The van der Waals surface area contributed by atoms with E-state index in [-0.39, 0.29) is 18.2 Å². The molecule has 100 valence electrons. The minimum atomic E-state index is 0. The molecule has 0 aliphatic heterocycles. The molecule has 0 amide bonds. The smallest absolute Gasteiger partial charge is 0.117 e. The van der Waals surface area contributed by atoms with Crippen molar-refractivity contribution in [2.75, 3.05) is 0 Å². The van der Waals surface area contributed by atoms with E-state index in [1.165, 1.54) is 11.6 Å². The number of nitrogens with two attached hydrogens (primary N) is 1. The zero-order valence-corrected chi connectivity index (χ0v) is 11.8. The van der Waals surface area contributed by atoms with Gasteiger partial charge < -0.3 is 10.8 Å². The topological polar surface area (TPSA) is 46.2 Å². The molecule has 2 nitrogen and oxygen atoms in total. The predicted molar refractivity (Wildman–Crippen MR) is 81.1 cm³/mol. The normalized spacial score (nSPS) is 20.7. The lowest BCUT2D eigenvalue weighted by atomic mass is 10.0. The first-order valence-corrected chi connectivity index (χ1v) is 6.37. The first kappa shape index (κ1) is 14.2. The minimum absolute atomic E-state index is 0. The Balaban J connectivity index is 0.00000133. The van der Waals surface area contributed by atoms with Crippen molar-refractivity contribution < 1.29 is 5.11 Å². The Bertz CT molecular complexity index is 563. The van der Waals surface area contributed by atoms with E-state index in [1.807, 2.05) is 18.2 Å². The number of aromatic hydroxyl groups is 1. The average molecular weight is 296 g/mol. The molecule has 2 aromatic rings. The molecule has 0 saturated heterocycles. The third-order valence-electron chi connectivity index (χ3n) is 3.39. The van der Waals surface area contributed by atoms with E-state index in [1.54, 1.807) is 6.07 Å². The largest absolute Gasteiger partial charge is 0.508 e. The van der Waals surface area contributed by atoms with Gasteiger partial charge in [0.2, 0.25) is 0 Å². The summed E-state index contributed by atoms with van der Waals surface area (Å²) in [5.74, 6) is 0.706. The van der Waals surface area contributed by atoms with Crippen LogP contribution in [0.1, 0.15) is 17.9 Å². The Morgan fingerprint density at radius 3 is 2.21 bits per heavy atom. The second-order valence-electron chi connectivity index (χ2n) is 4.83. The van der Waals surface area contributed by atoms with Crippen molar-refractivity contribution in [2.24, 2.45) is 5.73 Å². The number of halogens is 2. The molecule has 2 unspecified atom stereocenters. The van der Waals surface area contributed by atoms with Gasteiger partial charge in [0.05, 0.1) is 0 Å². The van der Waals surface area contributed by atoms with Gasteiger partial charge in [0, 0.05) is 17.0 Å². The van der Waals surface area contributed by atoms with Gasteiger partial charge in [0.1, 0.15) is 5.75 Å². The van der Waals surface area contributed by atoms with Crippen molar-refractivity contribution in [3.8, 4) is 16.9 Å². The Labute approximate surface area is 123 Å². The van der Waals surface area contributed by atoms with Gasteiger partial charge >= 0.3 is 0 Å². The molecule has 2 aromatic carbocycles. The fourth-order valence-electron chi connectivity index (χ4n) is 2.26. The maximum atomic E-state index is 9.54. The van der Waals surface area contributed by atoms with Gasteiger partial charge in [-0.1, -0.05) is 35.9 Å². The fourth-order valence-corrected chi connectivity index (χ4v) is 2.49. The van der Waals surface area contributed by atoms with E-state index < -0.39 is 0 Å². The Morgan fingerprint density at radius 1 is 1.05 bits per heavy atom. The van der Waals surface area contributed by atoms with Crippen LogP contribution in [0.4, 0.5) is 0 Å². The molecular weight excluding hydrogens is 281 g/mol. The fraction of sp³-hybridized carbons (Fsp3) is 0.200. The lowest BCUT2D eigenvalue weighted by Crippen LogP contribution is -2.00. The molecule has 1 aliphatic rings. The van der Waals surface area contributed by atoms with E-state index in [0.29, 0.717) is 17.0 Å². The summed E-state index contributed by atoms with van der Waals surface area (Å²) >= 11 is 5.93. The molecule has 0 radical (unpaired) electrons. The molecule has 0 bridgehead atoms. The lowest BCUT2D eigenvalue weighted by Gasteiger charge is -2.05. The quantitative estimate of drug-likeness (QED) is 0.881. The molecule has 3 N–H and O–H groups in total. The number of phenols is 1. The van der Waals surface area contributed by atoms with Gasteiger partial charge in [-0.3, -0.25) is 0 Å². The van der Waals surface area contributed by atoms with Crippen LogP contribution in [-0.4, -0.2) is 11.1 Å². The highest BCUT2D eigenvalue weighted by atomic mass is 35.5. The third kappa shape index (κ3) is 3.03. The Morgan fingerprint density at radius 2 is 1.68 bits per heavy atom. The molecule has 1 saturated carbocycles. The maximum Gasteiger partial charge on any atom is 0.117 e. The molecule has 2 atom stereocenters. The summed E-state index contributed by atoms with van der Waals surface area (Å²) < 4.78 is 0. The van der Waals surface area contributed by atoms with Crippen LogP contribution in [0.3, 0.4) is 0 Å². The van der Waals surface area contributed by atoms with E-state index in [0.717, 1.165) is 17.5 Å². The summed E-state index contributed by atoms with van der Waals surface area (Å²) in [6.07, 6.45) is 1.08. The molecular formula is C15H15Cl2NO. The van der Waals surface area contributed by atoms with Crippen molar-refractivity contribution >= 4 is 24.0 Å². The van der Waals surface area contributed by atoms with Crippen molar-refractivity contribution in [3.63, 3.8) is 0 Å². The van der Waals surface area contributed by atoms with Crippen LogP contribution in [-0.2, 0) is 0 Å². The van der Waals surface area contributed by atoms with Crippen LogP contribution in [0.2, 0.25) is 5.02 Å². The molecule has 1 aliphatic carbocycles. The third-order valence-corrected chi connectivity index (χ3v) is 3.61. The molecule has 19 heavy (non-hydrogen) atoms. The average Bonchev–Trinajstić information content (AvgIpc) is 3.05. The monoisotopic (exact) mass is 295 g/mol. The van der Waals surface area contributed by atoms with E-state index in [9.17, 15) is 5.11 Å². The maximum absolute atomic E-state index is 9.54. The highest BCUT2D eigenvalue weighted by Crippen LogP contribution is 2.39. The predicted octanol–water partition coefficient (Wildman–Crippen LogP) is 3.95. The minimum Gasteiger partial charge on any atom is -0.508 e. The zero-order chi connectivity index (χ0) is 12.7. The SMILES string of the molecule is Cl.NC1CC1c1ccc(-c2cc(O)cc(Cl)c2)cc1. The summed E-state index contributed by atoms with van der Waals surface area (Å²) in [4.78, 5) is 0. The lowest BCUT2D eigenvalue weighted by molar-refractivity contribution is 0.475. The number of rotatable bonds is 2. The van der Waals surface area contributed by atoms with Crippen molar-refractivity contribution in [1.82, 2.24) is 0 Å². The van der Waals surface area contributed by atoms with Crippen LogP contribution in [0.5, 0.6) is 5.75 Å². The number of benzene rings is 2. The van der Waals surface area contributed by atoms with Crippen molar-refractivity contribution in [1.29, 1.82) is 0 Å². The van der Waals surface area contributed by atoms with Crippen molar-refractivity contribution in [3.05, 3.63) is 53.1 Å². The van der Waals surface area contributed by atoms with Gasteiger partial charge in [0.25, 0.3) is 0 Å². The summed E-state index contributed by atoms with van der Waals surface area (Å²) in [6.45, 7) is 0. The van der Waals surface area contributed by atoms with Gasteiger partial charge in [-0.2, -0.15) is 0 Å². The van der Waals surface area contributed by atoms with Crippen LogP contribution in [0, 0.1) is 0 Å².